The summed E-state index contributed by atoms with van der Waals surface area (Å²) in [5.41, 5.74) is 0.898. The van der Waals surface area contributed by atoms with Gasteiger partial charge in [0.2, 0.25) is 0 Å². The van der Waals surface area contributed by atoms with Crippen molar-refractivity contribution >= 4 is 10.0 Å². The van der Waals surface area contributed by atoms with Crippen LogP contribution in [-0.2, 0) is 30.5 Å². The van der Waals surface area contributed by atoms with Crippen LogP contribution in [-0.4, -0.2) is 55.9 Å². The second-order valence-corrected chi connectivity index (χ2v) is 7.48. The van der Waals surface area contributed by atoms with Crippen molar-refractivity contribution in [3.05, 3.63) is 30.5 Å². The number of aromatic nitrogens is 4. The fourth-order valence-corrected chi connectivity index (χ4v) is 4.44. The highest BCUT2D eigenvalue weighted by Crippen LogP contribution is 2.27. The van der Waals surface area contributed by atoms with E-state index in [1.54, 1.807) is 29.5 Å². The summed E-state index contributed by atoms with van der Waals surface area (Å²) in [6.45, 7) is 0.297. The Labute approximate surface area is 129 Å². The lowest BCUT2D eigenvalue weighted by atomic mass is 10.1. The third-order valence-electron chi connectivity index (χ3n) is 3.92. The zero-order chi connectivity index (χ0) is 15.9. The second-order valence-electron chi connectivity index (χ2n) is 5.64. The Morgan fingerprint density at radius 2 is 2.14 bits per heavy atom. The molecule has 0 radical (unpaired) electrons. The van der Waals surface area contributed by atoms with Gasteiger partial charge in [0.25, 0.3) is 10.0 Å². The van der Waals surface area contributed by atoms with Gasteiger partial charge in [0, 0.05) is 33.0 Å². The van der Waals surface area contributed by atoms with Crippen molar-refractivity contribution in [2.24, 2.45) is 14.1 Å². The normalized spacial score (nSPS) is 23.2. The highest BCUT2D eigenvalue weighted by atomic mass is 32.2. The van der Waals surface area contributed by atoms with Crippen molar-refractivity contribution in [2.45, 2.75) is 30.0 Å². The number of nitrogens with zero attached hydrogens (tertiary/aromatic N) is 5. The van der Waals surface area contributed by atoms with Gasteiger partial charge < -0.3 is 9.67 Å². The highest BCUT2D eigenvalue weighted by molar-refractivity contribution is 7.89. The van der Waals surface area contributed by atoms with Gasteiger partial charge in [0.05, 0.1) is 24.7 Å². The molecule has 2 aromatic heterocycles. The summed E-state index contributed by atoms with van der Waals surface area (Å²) in [7, 11) is -0.176. The minimum atomic E-state index is -3.70. The molecule has 0 aromatic carbocycles. The molecule has 8 nitrogen and oxygen atoms in total. The first kappa shape index (κ1) is 15.2. The van der Waals surface area contributed by atoms with E-state index in [0.29, 0.717) is 19.4 Å². The van der Waals surface area contributed by atoms with E-state index >= 15 is 0 Å². The van der Waals surface area contributed by atoms with Gasteiger partial charge in [-0.05, 0) is 18.4 Å². The number of sulfonamides is 1. The Bertz CT molecular complexity index is 766. The van der Waals surface area contributed by atoms with Gasteiger partial charge in [-0.2, -0.15) is 9.40 Å². The van der Waals surface area contributed by atoms with E-state index in [1.807, 2.05) is 6.20 Å². The molecule has 2 aromatic rings. The molecule has 0 aliphatic carbocycles. The molecule has 120 valence electrons. The predicted octanol–water partition coefficient (Wildman–Crippen LogP) is -0.480. The summed E-state index contributed by atoms with van der Waals surface area (Å²) in [5, 5.41) is 14.3. The van der Waals surface area contributed by atoms with Crippen molar-refractivity contribution < 1.29 is 13.5 Å². The molecule has 0 unspecified atom stereocenters. The summed E-state index contributed by atoms with van der Waals surface area (Å²) in [5.74, 6) is 0. The molecular weight excluding hydrogens is 306 g/mol. The topological polar surface area (TPSA) is 93.2 Å². The number of imidazole rings is 1. The molecular formula is C13H19N5O3S. The largest absolute Gasteiger partial charge is 0.391 e. The van der Waals surface area contributed by atoms with Gasteiger partial charge in [-0.1, -0.05) is 0 Å². The fourth-order valence-electron chi connectivity index (χ4n) is 2.81. The van der Waals surface area contributed by atoms with Crippen LogP contribution in [0.25, 0.3) is 0 Å². The van der Waals surface area contributed by atoms with E-state index in [-0.39, 0.29) is 5.03 Å². The molecule has 0 bridgehead atoms. The van der Waals surface area contributed by atoms with E-state index in [0.717, 1.165) is 5.56 Å². The number of aliphatic hydroxyl groups excluding tert-OH is 1. The van der Waals surface area contributed by atoms with Gasteiger partial charge in [0.1, 0.15) is 0 Å². The lowest BCUT2D eigenvalue weighted by Gasteiger charge is -2.24. The average molecular weight is 325 g/mol. The molecule has 0 spiro atoms. The number of rotatable bonds is 4. The fraction of sp³-hybridized carbons (Fsp3) is 0.538. The van der Waals surface area contributed by atoms with E-state index < -0.39 is 22.2 Å². The van der Waals surface area contributed by atoms with Crippen LogP contribution in [0.3, 0.4) is 0 Å². The standard InChI is InChI=1S/C13H19N5O3S/c1-16-8-13(14-9-16)22(20,21)18-4-3-12(19)11(18)5-10-6-15-17(2)7-10/h6-9,11-12,19H,3-5H2,1-2H3/t11-,12+/m0/s1. The maximum atomic E-state index is 12.7. The summed E-state index contributed by atoms with van der Waals surface area (Å²) in [4.78, 5) is 3.94. The van der Waals surface area contributed by atoms with Crippen molar-refractivity contribution in [3.8, 4) is 0 Å². The first-order valence-corrected chi connectivity index (χ1v) is 8.47. The molecule has 3 heterocycles. The molecule has 2 atom stereocenters. The second kappa shape index (κ2) is 5.49. The van der Waals surface area contributed by atoms with Crippen molar-refractivity contribution in [1.29, 1.82) is 0 Å². The van der Waals surface area contributed by atoms with Crippen LogP contribution in [0.1, 0.15) is 12.0 Å². The number of aliphatic hydroxyl groups is 1. The molecule has 1 fully saturated rings. The van der Waals surface area contributed by atoms with E-state index in [2.05, 4.69) is 10.1 Å². The van der Waals surface area contributed by atoms with Crippen molar-refractivity contribution in [2.75, 3.05) is 6.54 Å². The molecule has 1 N–H and O–H groups in total. The van der Waals surface area contributed by atoms with Crippen LogP contribution in [0.4, 0.5) is 0 Å². The lowest BCUT2D eigenvalue weighted by molar-refractivity contribution is 0.141. The van der Waals surface area contributed by atoms with Gasteiger partial charge in [-0.15, -0.1) is 0 Å². The minimum absolute atomic E-state index is 0.0142. The van der Waals surface area contributed by atoms with Gasteiger partial charge in [-0.3, -0.25) is 4.68 Å². The quantitative estimate of drug-likeness (QED) is 0.819. The zero-order valence-corrected chi connectivity index (χ0v) is 13.3. The Morgan fingerprint density at radius 3 is 2.73 bits per heavy atom. The number of hydrogen-bond acceptors (Lipinski definition) is 5. The SMILES string of the molecule is Cn1cnc(S(=O)(=O)N2CC[C@@H](O)[C@@H]2Cc2cnn(C)c2)c1. The van der Waals surface area contributed by atoms with Crippen molar-refractivity contribution in [3.63, 3.8) is 0 Å². The van der Waals surface area contributed by atoms with Crippen LogP contribution < -0.4 is 0 Å². The van der Waals surface area contributed by atoms with Crippen LogP contribution in [0, 0.1) is 0 Å². The van der Waals surface area contributed by atoms with Gasteiger partial charge >= 0.3 is 0 Å². The molecule has 22 heavy (non-hydrogen) atoms. The van der Waals surface area contributed by atoms with Gasteiger partial charge in [-0.25, -0.2) is 13.4 Å². The predicted molar refractivity (Wildman–Crippen MR) is 78.4 cm³/mol. The summed E-state index contributed by atoms with van der Waals surface area (Å²) in [6.07, 6.45) is 6.63. The molecule has 1 aliphatic heterocycles. The third-order valence-corrected chi connectivity index (χ3v) is 5.73. The van der Waals surface area contributed by atoms with Crippen molar-refractivity contribution in [1.82, 2.24) is 23.6 Å². The van der Waals surface area contributed by atoms with E-state index in [4.69, 9.17) is 0 Å². The molecule has 1 aliphatic rings. The Kier molecular flexibility index (Phi) is 3.79. The van der Waals surface area contributed by atoms with E-state index in [9.17, 15) is 13.5 Å². The Balaban J connectivity index is 1.88. The van der Waals surface area contributed by atoms with Crippen LogP contribution >= 0.6 is 0 Å². The Morgan fingerprint density at radius 1 is 1.36 bits per heavy atom. The number of hydrogen-bond donors (Lipinski definition) is 1. The lowest BCUT2D eigenvalue weighted by Crippen LogP contribution is -2.41. The zero-order valence-electron chi connectivity index (χ0n) is 12.5. The first-order valence-electron chi connectivity index (χ1n) is 7.03. The smallest absolute Gasteiger partial charge is 0.262 e. The third kappa shape index (κ3) is 2.67. The van der Waals surface area contributed by atoms with Gasteiger partial charge in [0.15, 0.2) is 5.03 Å². The maximum absolute atomic E-state index is 12.7. The van der Waals surface area contributed by atoms with Crippen LogP contribution in [0.15, 0.2) is 29.9 Å². The number of aryl methyl sites for hydroxylation is 2. The highest BCUT2D eigenvalue weighted by Gasteiger charge is 2.41. The Hall–Kier alpha value is -1.71. The van der Waals surface area contributed by atoms with Crippen LogP contribution in [0.5, 0.6) is 0 Å². The summed E-state index contributed by atoms with van der Waals surface area (Å²) < 4.78 is 30.0. The van der Waals surface area contributed by atoms with E-state index in [1.165, 1.54) is 16.8 Å². The average Bonchev–Trinajstić information content (AvgIpc) is 3.14. The monoisotopic (exact) mass is 325 g/mol. The summed E-state index contributed by atoms with van der Waals surface area (Å²) >= 11 is 0. The molecule has 3 rings (SSSR count). The molecule has 0 saturated carbocycles. The minimum Gasteiger partial charge on any atom is -0.391 e. The molecule has 0 amide bonds. The van der Waals surface area contributed by atoms with Crippen LogP contribution in [0.2, 0.25) is 0 Å². The molecule has 1 saturated heterocycles. The maximum Gasteiger partial charge on any atom is 0.262 e. The first-order chi connectivity index (χ1) is 10.4. The molecule has 9 heteroatoms. The summed E-state index contributed by atoms with van der Waals surface area (Å²) in [6, 6.07) is -0.490.